The molecule has 0 fully saturated rings. The van der Waals surface area contributed by atoms with Gasteiger partial charge in [0.2, 0.25) is 0 Å². The van der Waals surface area contributed by atoms with Gasteiger partial charge in [-0.15, -0.1) is 0 Å². The molecule has 82 valence electrons. The number of unbranched alkanes of at least 4 members (excludes halogenated alkanes) is 1. The molecule has 1 aromatic carbocycles. The summed E-state index contributed by atoms with van der Waals surface area (Å²) in [6.07, 6.45) is 5.00. The van der Waals surface area contributed by atoms with Gasteiger partial charge in [-0.2, -0.15) is 0 Å². The van der Waals surface area contributed by atoms with Crippen LogP contribution in [0.4, 0.5) is 0 Å². The van der Waals surface area contributed by atoms with Crippen molar-refractivity contribution in [2.24, 2.45) is 0 Å². The maximum atomic E-state index is 10.3. The Morgan fingerprint density at radius 2 is 1.93 bits per heavy atom. The van der Waals surface area contributed by atoms with Crippen molar-refractivity contribution in [3.05, 3.63) is 35.4 Å². The van der Waals surface area contributed by atoms with Crippen LogP contribution in [0.3, 0.4) is 0 Å². The van der Waals surface area contributed by atoms with Crippen LogP contribution in [0.5, 0.6) is 0 Å². The van der Waals surface area contributed by atoms with Gasteiger partial charge in [-0.1, -0.05) is 36.8 Å². The molecule has 1 nitrogen and oxygen atoms in total. The maximum absolute atomic E-state index is 10.3. The van der Waals surface area contributed by atoms with E-state index in [9.17, 15) is 4.79 Å². The summed E-state index contributed by atoms with van der Waals surface area (Å²) in [5.74, 6) is 0.616. The summed E-state index contributed by atoms with van der Waals surface area (Å²) in [4.78, 5) is 10.3. The van der Waals surface area contributed by atoms with Crippen molar-refractivity contribution in [3.8, 4) is 0 Å². The molecule has 0 amide bonds. The van der Waals surface area contributed by atoms with Gasteiger partial charge in [0.25, 0.3) is 0 Å². The molecule has 0 heterocycles. The molecule has 1 heteroatoms. The van der Waals surface area contributed by atoms with Crippen LogP contribution in [0.2, 0.25) is 0 Å². The summed E-state index contributed by atoms with van der Waals surface area (Å²) in [5.41, 5.74) is 2.72. The first kappa shape index (κ1) is 12.0. The quantitative estimate of drug-likeness (QED) is 0.508. The van der Waals surface area contributed by atoms with E-state index in [1.807, 2.05) is 0 Å². The number of rotatable bonds is 6. The molecular weight excluding hydrogens is 184 g/mol. The van der Waals surface area contributed by atoms with Crippen molar-refractivity contribution < 1.29 is 4.79 Å². The summed E-state index contributed by atoms with van der Waals surface area (Å²) in [6.45, 7) is 4.32. The number of hydrogen-bond acceptors (Lipinski definition) is 1. The predicted octanol–water partition coefficient (Wildman–Crippen LogP) is 3.86. The standard InChI is InChI=1S/C14H20O/c1-3-13(6-4-5-11-15)14-9-7-12(2)8-10-14/h7-11,13H,3-6H2,1-2H3. The minimum absolute atomic E-state index is 0.616. The zero-order valence-electron chi connectivity index (χ0n) is 9.70. The van der Waals surface area contributed by atoms with E-state index >= 15 is 0 Å². The lowest BCUT2D eigenvalue weighted by Crippen LogP contribution is -1.97. The number of aryl methyl sites for hydroxylation is 1. The number of benzene rings is 1. The van der Waals surface area contributed by atoms with E-state index in [0.717, 1.165) is 25.5 Å². The second-order valence-electron chi connectivity index (χ2n) is 4.11. The fraction of sp³-hybridized carbons (Fsp3) is 0.500. The number of hydrogen-bond donors (Lipinski definition) is 0. The highest BCUT2D eigenvalue weighted by Gasteiger charge is 2.08. The topological polar surface area (TPSA) is 17.1 Å². The van der Waals surface area contributed by atoms with Crippen LogP contribution in [-0.2, 0) is 4.79 Å². The highest BCUT2D eigenvalue weighted by Crippen LogP contribution is 2.25. The number of carbonyl (C=O) groups excluding carboxylic acids is 1. The van der Waals surface area contributed by atoms with E-state index < -0.39 is 0 Å². The van der Waals surface area contributed by atoms with Gasteiger partial charge in [-0.3, -0.25) is 0 Å². The molecule has 1 atom stereocenters. The lowest BCUT2D eigenvalue weighted by molar-refractivity contribution is -0.107. The molecule has 0 spiro atoms. The molecule has 0 bridgehead atoms. The Labute approximate surface area is 92.5 Å². The Kier molecular flexibility index (Phi) is 5.09. The average Bonchev–Trinajstić information content (AvgIpc) is 2.26. The number of aldehydes is 1. The van der Waals surface area contributed by atoms with Crippen molar-refractivity contribution in [3.63, 3.8) is 0 Å². The Morgan fingerprint density at radius 1 is 1.27 bits per heavy atom. The Morgan fingerprint density at radius 3 is 2.47 bits per heavy atom. The Bertz CT molecular complexity index is 287. The zero-order valence-corrected chi connectivity index (χ0v) is 9.70. The second kappa shape index (κ2) is 6.39. The van der Waals surface area contributed by atoms with Crippen molar-refractivity contribution in [1.82, 2.24) is 0 Å². The molecule has 0 saturated heterocycles. The van der Waals surface area contributed by atoms with E-state index in [1.54, 1.807) is 0 Å². The van der Waals surface area contributed by atoms with Crippen LogP contribution in [0, 0.1) is 6.92 Å². The number of carbonyl (C=O) groups is 1. The van der Waals surface area contributed by atoms with E-state index in [4.69, 9.17) is 0 Å². The van der Waals surface area contributed by atoms with Gasteiger partial charge in [0.05, 0.1) is 0 Å². The van der Waals surface area contributed by atoms with Gasteiger partial charge in [0, 0.05) is 6.42 Å². The van der Waals surface area contributed by atoms with Gasteiger partial charge in [0.15, 0.2) is 0 Å². The average molecular weight is 204 g/mol. The van der Waals surface area contributed by atoms with Gasteiger partial charge in [-0.05, 0) is 37.7 Å². The summed E-state index contributed by atoms with van der Waals surface area (Å²) >= 11 is 0. The SMILES string of the molecule is CCC(CCCC=O)c1ccc(C)cc1. The lowest BCUT2D eigenvalue weighted by Gasteiger charge is -2.14. The van der Waals surface area contributed by atoms with Gasteiger partial charge >= 0.3 is 0 Å². The Balaban J connectivity index is 2.57. The molecule has 1 unspecified atom stereocenters. The van der Waals surface area contributed by atoms with Crippen LogP contribution in [0.1, 0.15) is 49.7 Å². The third kappa shape index (κ3) is 3.86. The van der Waals surface area contributed by atoms with E-state index in [2.05, 4.69) is 38.1 Å². The van der Waals surface area contributed by atoms with Gasteiger partial charge < -0.3 is 4.79 Å². The highest BCUT2D eigenvalue weighted by molar-refractivity contribution is 5.49. The van der Waals surface area contributed by atoms with Crippen LogP contribution >= 0.6 is 0 Å². The van der Waals surface area contributed by atoms with Crippen LogP contribution in [0.25, 0.3) is 0 Å². The molecule has 1 rings (SSSR count). The molecule has 0 aromatic heterocycles. The summed E-state index contributed by atoms with van der Waals surface area (Å²) in [5, 5.41) is 0. The van der Waals surface area contributed by atoms with Gasteiger partial charge in [-0.25, -0.2) is 0 Å². The molecule has 15 heavy (non-hydrogen) atoms. The van der Waals surface area contributed by atoms with Crippen LogP contribution in [-0.4, -0.2) is 6.29 Å². The molecule has 0 aliphatic rings. The monoisotopic (exact) mass is 204 g/mol. The first-order chi connectivity index (χ1) is 7.27. The fourth-order valence-corrected chi connectivity index (χ4v) is 1.89. The zero-order chi connectivity index (χ0) is 11.1. The molecule has 0 aliphatic carbocycles. The van der Waals surface area contributed by atoms with Crippen LogP contribution in [0.15, 0.2) is 24.3 Å². The van der Waals surface area contributed by atoms with Crippen molar-refractivity contribution in [1.29, 1.82) is 0 Å². The van der Waals surface area contributed by atoms with Crippen molar-refractivity contribution in [2.75, 3.05) is 0 Å². The minimum Gasteiger partial charge on any atom is -0.303 e. The molecule has 0 N–H and O–H groups in total. The van der Waals surface area contributed by atoms with E-state index in [1.165, 1.54) is 11.1 Å². The van der Waals surface area contributed by atoms with Crippen molar-refractivity contribution >= 4 is 6.29 Å². The summed E-state index contributed by atoms with van der Waals surface area (Å²) < 4.78 is 0. The highest BCUT2D eigenvalue weighted by atomic mass is 16.1. The normalized spacial score (nSPS) is 12.4. The second-order valence-corrected chi connectivity index (χ2v) is 4.11. The first-order valence-electron chi connectivity index (χ1n) is 5.78. The predicted molar refractivity (Wildman–Crippen MR) is 64.1 cm³/mol. The molecular formula is C14H20O. The summed E-state index contributed by atoms with van der Waals surface area (Å²) in [6, 6.07) is 8.75. The third-order valence-electron chi connectivity index (χ3n) is 2.92. The summed E-state index contributed by atoms with van der Waals surface area (Å²) in [7, 11) is 0. The van der Waals surface area contributed by atoms with Crippen molar-refractivity contribution in [2.45, 2.75) is 45.4 Å². The van der Waals surface area contributed by atoms with Gasteiger partial charge in [0.1, 0.15) is 6.29 Å². The van der Waals surface area contributed by atoms with E-state index in [0.29, 0.717) is 12.3 Å². The smallest absolute Gasteiger partial charge is 0.119 e. The molecule has 0 saturated carbocycles. The molecule has 0 radical (unpaired) electrons. The Hall–Kier alpha value is -1.11. The maximum Gasteiger partial charge on any atom is 0.119 e. The molecule has 0 aliphatic heterocycles. The largest absolute Gasteiger partial charge is 0.303 e. The molecule has 1 aromatic rings. The third-order valence-corrected chi connectivity index (χ3v) is 2.92. The fourth-order valence-electron chi connectivity index (χ4n) is 1.89. The van der Waals surface area contributed by atoms with Crippen LogP contribution < -0.4 is 0 Å². The first-order valence-corrected chi connectivity index (χ1v) is 5.78. The van der Waals surface area contributed by atoms with E-state index in [-0.39, 0.29) is 0 Å². The lowest BCUT2D eigenvalue weighted by atomic mass is 9.91. The minimum atomic E-state index is 0.616.